The van der Waals surface area contributed by atoms with Gasteiger partial charge >= 0.3 is 5.97 Å². The van der Waals surface area contributed by atoms with Crippen molar-refractivity contribution >= 4 is 74.8 Å². The van der Waals surface area contributed by atoms with Crippen LogP contribution in [0.3, 0.4) is 0 Å². The molecule has 0 radical (unpaired) electrons. The van der Waals surface area contributed by atoms with Crippen LogP contribution >= 0.6 is 57.9 Å². The Bertz CT molecular complexity index is 1470. The van der Waals surface area contributed by atoms with Crippen LogP contribution < -0.4 is 5.32 Å². The van der Waals surface area contributed by atoms with Gasteiger partial charge in [0, 0.05) is 33.1 Å². The van der Waals surface area contributed by atoms with Crippen molar-refractivity contribution in [3.63, 3.8) is 0 Å². The number of nitrogens with zero attached hydrogens (tertiary/aromatic N) is 3. The molecule has 0 aliphatic rings. The monoisotopic (exact) mass is 592 g/mol. The van der Waals surface area contributed by atoms with Gasteiger partial charge in [0.1, 0.15) is 10.6 Å². The molecule has 4 aromatic rings. The highest BCUT2D eigenvalue weighted by molar-refractivity contribution is 7.99. The molecule has 0 spiro atoms. The van der Waals surface area contributed by atoms with Crippen LogP contribution in [0.4, 0.5) is 5.00 Å². The number of anilines is 1. The summed E-state index contributed by atoms with van der Waals surface area (Å²) in [5, 5.41) is 15.5. The Morgan fingerprint density at radius 1 is 1.11 bits per heavy atom. The van der Waals surface area contributed by atoms with E-state index in [9.17, 15) is 9.59 Å². The minimum absolute atomic E-state index is 0.0262. The zero-order valence-electron chi connectivity index (χ0n) is 19.3. The van der Waals surface area contributed by atoms with Crippen LogP contribution in [0.2, 0.25) is 15.1 Å². The first kappa shape index (κ1) is 27.2. The van der Waals surface area contributed by atoms with E-state index in [1.807, 2.05) is 4.57 Å². The lowest BCUT2D eigenvalue weighted by Crippen LogP contribution is -2.16. The summed E-state index contributed by atoms with van der Waals surface area (Å²) in [6.45, 7) is 4.21. The maximum Gasteiger partial charge on any atom is 0.341 e. The van der Waals surface area contributed by atoms with Crippen LogP contribution in [0.15, 0.2) is 65.7 Å². The quantitative estimate of drug-likeness (QED) is 0.124. The van der Waals surface area contributed by atoms with E-state index in [1.54, 1.807) is 53.9 Å². The number of ether oxygens (including phenoxy) is 1. The standard InChI is InChI=1S/C25H19Cl3N4O3S2/c1-3-10-32-22(17-9-8-16(27)11-19(17)28)30-31-25(32)37-13-20(33)29-23-21(24(34)35-2)18(12-36-23)14-4-6-15(26)7-5-14/h3-9,11-12H,1,10,13H2,2H3,(H,29,33). The summed E-state index contributed by atoms with van der Waals surface area (Å²) in [7, 11) is 1.30. The molecule has 1 N–H and O–H groups in total. The summed E-state index contributed by atoms with van der Waals surface area (Å²) in [5.41, 5.74) is 2.36. The molecule has 2 heterocycles. The van der Waals surface area contributed by atoms with E-state index in [1.165, 1.54) is 30.2 Å². The number of nitrogens with one attached hydrogen (secondary N) is 1. The van der Waals surface area contributed by atoms with E-state index in [2.05, 4.69) is 22.1 Å². The van der Waals surface area contributed by atoms with E-state index in [0.717, 1.165) is 5.56 Å². The number of hydrogen-bond donors (Lipinski definition) is 1. The molecule has 2 aromatic heterocycles. The van der Waals surface area contributed by atoms with E-state index in [4.69, 9.17) is 39.5 Å². The zero-order chi connectivity index (χ0) is 26.5. The smallest absolute Gasteiger partial charge is 0.341 e. The number of carbonyl (C=O) groups excluding carboxylic acids is 2. The highest BCUT2D eigenvalue weighted by Crippen LogP contribution is 2.37. The Balaban J connectivity index is 1.53. The molecule has 0 unspecified atom stereocenters. The highest BCUT2D eigenvalue weighted by atomic mass is 35.5. The fourth-order valence-electron chi connectivity index (χ4n) is 3.45. The molecule has 0 saturated carbocycles. The third-order valence-electron chi connectivity index (χ3n) is 5.12. The topological polar surface area (TPSA) is 86.1 Å². The number of thioether (sulfide) groups is 1. The minimum Gasteiger partial charge on any atom is -0.465 e. The first-order valence-corrected chi connectivity index (χ1v) is 13.7. The second-order valence-electron chi connectivity index (χ2n) is 7.52. The number of esters is 1. The van der Waals surface area contributed by atoms with E-state index in [-0.39, 0.29) is 17.2 Å². The fraction of sp³-hybridized carbons (Fsp3) is 0.120. The number of hydrogen-bond acceptors (Lipinski definition) is 7. The van der Waals surface area contributed by atoms with Gasteiger partial charge < -0.3 is 10.1 Å². The third-order valence-corrected chi connectivity index (χ3v) is 7.78. The molecule has 190 valence electrons. The molecule has 0 fully saturated rings. The molecule has 0 aliphatic heterocycles. The molecule has 1 amide bonds. The lowest BCUT2D eigenvalue weighted by atomic mass is 10.0. The molecule has 7 nitrogen and oxygen atoms in total. The second-order valence-corrected chi connectivity index (χ2v) is 10.6. The number of thiophene rings is 1. The van der Waals surface area contributed by atoms with Gasteiger partial charge in [-0.25, -0.2) is 4.79 Å². The lowest BCUT2D eigenvalue weighted by molar-refractivity contribution is -0.113. The highest BCUT2D eigenvalue weighted by Gasteiger charge is 2.23. The molecule has 4 rings (SSSR count). The Morgan fingerprint density at radius 3 is 2.51 bits per heavy atom. The largest absolute Gasteiger partial charge is 0.465 e. The fourth-order valence-corrected chi connectivity index (χ4v) is 5.79. The van der Waals surface area contributed by atoms with Crippen molar-refractivity contribution in [3.8, 4) is 22.5 Å². The Morgan fingerprint density at radius 2 is 1.84 bits per heavy atom. The molecule has 0 saturated heterocycles. The molecular formula is C25H19Cl3N4O3S2. The summed E-state index contributed by atoms with van der Waals surface area (Å²) < 4.78 is 6.78. The van der Waals surface area contributed by atoms with Gasteiger partial charge in [0.2, 0.25) is 5.91 Å². The Hall–Kier alpha value is -2.82. The lowest BCUT2D eigenvalue weighted by Gasteiger charge is -2.10. The van der Waals surface area contributed by atoms with Crippen molar-refractivity contribution in [1.29, 1.82) is 0 Å². The predicted octanol–water partition coefficient (Wildman–Crippen LogP) is 7.34. The third kappa shape index (κ3) is 6.19. The maximum atomic E-state index is 12.9. The summed E-state index contributed by atoms with van der Waals surface area (Å²) in [5.74, 6) is -0.315. The van der Waals surface area contributed by atoms with Gasteiger partial charge in [-0.3, -0.25) is 9.36 Å². The number of halogens is 3. The van der Waals surface area contributed by atoms with Crippen LogP contribution in [0.1, 0.15) is 10.4 Å². The van der Waals surface area contributed by atoms with Crippen molar-refractivity contribution in [2.45, 2.75) is 11.7 Å². The van der Waals surface area contributed by atoms with Crippen LogP contribution in [-0.4, -0.2) is 39.5 Å². The first-order chi connectivity index (χ1) is 17.8. The average molecular weight is 594 g/mol. The van der Waals surface area contributed by atoms with Crippen molar-refractivity contribution in [1.82, 2.24) is 14.8 Å². The van der Waals surface area contributed by atoms with Gasteiger partial charge in [0.15, 0.2) is 11.0 Å². The van der Waals surface area contributed by atoms with E-state index in [0.29, 0.717) is 48.7 Å². The Kier molecular flexibility index (Phi) is 8.94. The minimum atomic E-state index is -0.552. The summed E-state index contributed by atoms with van der Waals surface area (Å²) in [6.07, 6.45) is 1.70. The van der Waals surface area contributed by atoms with Gasteiger partial charge in [-0.1, -0.05) is 64.8 Å². The predicted molar refractivity (Wildman–Crippen MR) is 151 cm³/mol. The van der Waals surface area contributed by atoms with Gasteiger partial charge in [-0.05, 0) is 35.9 Å². The van der Waals surface area contributed by atoms with Crippen LogP contribution in [0.25, 0.3) is 22.5 Å². The van der Waals surface area contributed by atoms with Crippen molar-refractivity contribution < 1.29 is 14.3 Å². The molecule has 12 heteroatoms. The number of benzene rings is 2. The molecule has 2 aromatic carbocycles. The second kappa shape index (κ2) is 12.1. The van der Waals surface area contributed by atoms with E-state index >= 15 is 0 Å². The van der Waals surface area contributed by atoms with Crippen LogP contribution in [-0.2, 0) is 16.1 Å². The summed E-state index contributed by atoms with van der Waals surface area (Å²) in [4.78, 5) is 25.4. The number of aromatic nitrogens is 3. The zero-order valence-corrected chi connectivity index (χ0v) is 23.2. The van der Waals surface area contributed by atoms with Gasteiger partial charge in [-0.15, -0.1) is 28.1 Å². The summed E-state index contributed by atoms with van der Waals surface area (Å²) >= 11 is 20.8. The number of allylic oxidation sites excluding steroid dienone is 1. The van der Waals surface area contributed by atoms with Gasteiger partial charge in [-0.2, -0.15) is 0 Å². The number of amides is 1. The van der Waals surface area contributed by atoms with Crippen molar-refractivity contribution in [2.24, 2.45) is 0 Å². The van der Waals surface area contributed by atoms with E-state index < -0.39 is 5.97 Å². The number of rotatable bonds is 9. The maximum absolute atomic E-state index is 12.9. The van der Waals surface area contributed by atoms with Crippen LogP contribution in [0.5, 0.6) is 0 Å². The van der Waals surface area contributed by atoms with Crippen molar-refractivity contribution in [2.75, 3.05) is 18.2 Å². The number of methoxy groups -OCH3 is 1. The molecular weight excluding hydrogens is 575 g/mol. The number of carbonyl (C=O) groups is 2. The van der Waals surface area contributed by atoms with Crippen LogP contribution in [0, 0.1) is 0 Å². The first-order valence-electron chi connectivity index (χ1n) is 10.7. The van der Waals surface area contributed by atoms with Gasteiger partial charge in [0.05, 0.1) is 17.9 Å². The molecule has 0 atom stereocenters. The van der Waals surface area contributed by atoms with Crippen molar-refractivity contribution in [3.05, 3.63) is 81.1 Å². The summed E-state index contributed by atoms with van der Waals surface area (Å²) in [6, 6.07) is 12.2. The van der Waals surface area contributed by atoms with Gasteiger partial charge in [0.25, 0.3) is 0 Å². The average Bonchev–Trinajstić information content (AvgIpc) is 3.47. The molecule has 0 bridgehead atoms. The molecule has 0 aliphatic carbocycles. The molecule has 37 heavy (non-hydrogen) atoms. The Labute approximate surface area is 236 Å². The SMILES string of the molecule is C=CCn1c(SCC(=O)Nc2scc(-c3ccc(Cl)cc3)c2C(=O)OC)nnc1-c1ccc(Cl)cc1Cl. The normalized spacial score (nSPS) is 10.8.